The number of methoxy groups -OCH3 is 1. The van der Waals surface area contributed by atoms with E-state index in [0.29, 0.717) is 31.6 Å². The number of ether oxygens (including phenoxy) is 2. The Morgan fingerprint density at radius 3 is 1.62 bits per heavy atom. The third-order valence-corrected chi connectivity index (χ3v) is 11.3. The average molecular weight is 867 g/mol. The first-order valence-corrected chi connectivity index (χ1v) is 20.2. The molecule has 0 bridgehead atoms. The lowest BCUT2D eigenvalue weighted by molar-refractivity contribution is -0.138. The molecule has 2 amide bonds. The number of carbonyl (C=O) groups excluding carboxylic acids is 2. The van der Waals surface area contributed by atoms with Gasteiger partial charge in [-0.15, -0.1) is 11.8 Å². The molecule has 4 aromatic carbocycles. The fourth-order valence-corrected chi connectivity index (χ4v) is 8.46. The fraction of sp³-hybridized carbons (Fsp3) is 0.395. The zero-order chi connectivity index (χ0) is 43.9. The van der Waals surface area contributed by atoms with Gasteiger partial charge in [0.25, 0.3) is 11.8 Å². The van der Waals surface area contributed by atoms with Crippen LogP contribution in [0, 0.1) is 0 Å². The van der Waals surface area contributed by atoms with Crippen molar-refractivity contribution >= 4 is 23.6 Å². The van der Waals surface area contributed by atoms with E-state index >= 15 is 0 Å². The predicted molar refractivity (Wildman–Crippen MR) is 212 cm³/mol. The fourth-order valence-electron chi connectivity index (χ4n) is 7.82. The van der Waals surface area contributed by atoms with Gasteiger partial charge in [0.15, 0.2) is 0 Å². The maximum Gasteiger partial charge on any atom is 0.416 e. The third kappa shape index (κ3) is 11.1. The number of alkyl halides is 8. The minimum atomic E-state index is -4.76. The molecular weight excluding hydrogens is 821 g/mol. The van der Waals surface area contributed by atoms with Gasteiger partial charge in [0.05, 0.1) is 40.4 Å². The van der Waals surface area contributed by atoms with Crippen LogP contribution in [0.15, 0.2) is 95.9 Å². The molecular formula is C43H46F8N4O4S. The van der Waals surface area contributed by atoms with E-state index in [0.717, 1.165) is 73.4 Å². The van der Waals surface area contributed by atoms with Gasteiger partial charge in [-0.2, -0.15) is 35.1 Å². The van der Waals surface area contributed by atoms with Crippen LogP contribution in [0.5, 0.6) is 11.5 Å². The molecule has 2 N–H and O–H groups in total. The number of piperidine rings is 2. The first-order chi connectivity index (χ1) is 28.3. The molecule has 2 fully saturated rings. The number of nitrogens with zero attached hydrogens (tertiary/aromatic N) is 2. The largest absolute Gasteiger partial charge is 0.496 e. The molecule has 1 unspecified atom stereocenters. The van der Waals surface area contributed by atoms with E-state index in [1.165, 1.54) is 7.11 Å². The van der Waals surface area contributed by atoms with Crippen LogP contribution in [0.2, 0.25) is 0 Å². The Morgan fingerprint density at radius 2 is 1.18 bits per heavy atom. The Kier molecular flexibility index (Phi) is 14.8. The van der Waals surface area contributed by atoms with Crippen LogP contribution < -0.4 is 20.1 Å². The number of likely N-dealkylation sites (tertiary alicyclic amines) is 2. The lowest BCUT2D eigenvalue weighted by Gasteiger charge is -2.42. The summed E-state index contributed by atoms with van der Waals surface area (Å²) >= 11 is 1.09. The van der Waals surface area contributed by atoms with Crippen LogP contribution >= 0.6 is 11.8 Å². The highest BCUT2D eigenvalue weighted by Crippen LogP contribution is 2.40. The normalized spacial score (nSPS) is 20.1. The second-order valence-corrected chi connectivity index (χ2v) is 15.7. The number of hydrogen-bond donors (Lipinski definition) is 2. The van der Waals surface area contributed by atoms with E-state index in [1.54, 1.807) is 6.26 Å². The molecule has 8 nitrogen and oxygen atoms in total. The number of amides is 2. The molecule has 0 aromatic heterocycles. The van der Waals surface area contributed by atoms with Crippen molar-refractivity contribution in [3.63, 3.8) is 0 Å². The van der Waals surface area contributed by atoms with Crippen molar-refractivity contribution in [3.8, 4) is 11.5 Å². The van der Waals surface area contributed by atoms with E-state index in [-0.39, 0.29) is 21.8 Å². The molecule has 0 radical (unpaired) electrons. The van der Waals surface area contributed by atoms with Crippen LogP contribution in [0.4, 0.5) is 35.1 Å². The van der Waals surface area contributed by atoms with Gasteiger partial charge in [-0.05, 0) is 101 Å². The summed E-state index contributed by atoms with van der Waals surface area (Å²) in [6.07, 6.45) is -4.63. The van der Waals surface area contributed by atoms with E-state index in [2.05, 4.69) is 20.3 Å². The standard InChI is InChI=1S/C22H25F3N2O2S.C21H21F5N2O2/c1-27-11-7-10-21(14-27,15-8-5-4-6-9-15)26-20(28)19-17(29-2)12-16(22(23,24)25)13-18(19)30-3;1-28-11-5-10-20(13-28,14-6-3-2-4-7-14)27-18(29)16-9-8-15(21(24,25)26)12-17(16)30-19(22)23/h4-6,8-9,12-13H,7,10-11,14H2,1-3H3,(H,26,28);2-4,6-9,12,19H,5,10-11,13H2,1H3,(H,27,29)/t21-;/m0./s1. The van der Waals surface area contributed by atoms with Crippen LogP contribution in [0.1, 0.15) is 68.7 Å². The molecule has 2 heterocycles. The van der Waals surface area contributed by atoms with Crippen molar-refractivity contribution < 1.29 is 54.2 Å². The van der Waals surface area contributed by atoms with E-state index < -0.39 is 58.7 Å². The Balaban J connectivity index is 0.000000228. The zero-order valence-corrected chi connectivity index (χ0v) is 34.2. The monoisotopic (exact) mass is 866 g/mol. The second-order valence-electron chi connectivity index (χ2n) is 14.8. The van der Waals surface area contributed by atoms with Crippen molar-refractivity contribution in [2.75, 3.05) is 53.6 Å². The summed E-state index contributed by atoms with van der Waals surface area (Å²) in [4.78, 5) is 30.8. The van der Waals surface area contributed by atoms with Gasteiger partial charge < -0.3 is 29.9 Å². The Morgan fingerprint density at radius 1 is 0.700 bits per heavy atom. The van der Waals surface area contributed by atoms with Gasteiger partial charge in [0.1, 0.15) is 11.5 Å². The zero-order valence-electron chi connectivity index (χ0n) is 33.4. The number of benzene rings is 4. The Bertz CT molecular complexity index is 2070. The quantitative estimate of drug-likeness (QED) is 0.122. The highest BCUT2D eigenvalue weighted by atomic mass is 32.2. The van der Waals surface area contributed by atoms with Gasteiger partial charge in [0, 0.05) is 18.0 Å². The van der Waals surface area contributed by atoms with Crippen molar-refractivity contribution in [1.82, 2.24) is 20.4 Å². The summed E-state index contributed by atoms with van der Waals surface area (Å²) in [7, 11) is 5.17. The van der Waals surface area contributed by atoms with E-state index in [9.17, 15) is 44.7 Å². The molecule has 0 saturated carbocycles. The summed E-state index contributed by atoms with van der Waals surface area (Å²) in [5, 5.41) is 6.03. The van der Waals surface area contributed by atoms with Crippen molar-refractivity contribution in [1.29, 1.82) is 0 Å². The number of rotatable bonds is 10. The molecule has 4 aromatic rings. The molecule has 17 heteroatoms. The van der Waals surface area contributed by atoms with Crippen molar-refractivity contribution in [2.24, 2.45) is 0 Å². The average Bonchev–Trinajstić information content (AvgIpc) is 3.20. The van der Waals surface area contributed by atoms with E-state index in [4.69, 9.17) is 4.74 Å². The molecule has 2 saturated heterocycles. The van der Waals surface area contributed by atoms with Crippen LogP contribution in [0.25, 0.3) is 0 Å². The number of thioether (sulfide) groups is 1. The van der Waals surface area contributed by atoms with E-state index in [1.807, 2.05) is 79.7 Å². The highest BCUT2D eigenvalue weighted by Gasteiger charge is 2.41. The number of hydrogen-bond acceptors (Lipinski definition) is 7. The Labute approximate surface area is 347 Å². The number of halogens is 8. The summed E-state index contributed by atoms with van der Waals surface area (Å²) in [6.45, 7) is -0.549. The van der Waals surface area contributed by atoms with Crippen LogP contribution in [0.3, 0.4) is 0 Å². The molecule has 0 aliphatic carbocycles. The minimum absolute atomic E-state index is 0.0842. The summed E-state index contributed by atoms with van der Waals surface area (Å²) < 4.78 is 114. The maximum absolute atomic E-state index is 13.4. The minimum Gasteiger partial charge on any atom is -0.496 e. The molecule has 60 heavy (non-hydrogen) atoms. The highest BCUT2D eigenvalue weighted by molar-refractivity contribution is 7.98. The molecule has 0 spiro atoms. The third-order valence-electron chi connectivity index (χ3n) is 10.6. The first-order valence-electron chi connectivity index (χ1n) is 18.9. The predicted octanol–water partition coefficient (Wildman–Crippen LogP) is 9.44. The summed E-state index contributed by atoms with van der Waals surface area (Å²) in [5.74, 6) is -2.12. The molecule has 6 rings (SSSR count). The lowest BCUT2D eigenvalue weighted by atomic mass is 9.82. The maximum atomic E-state index is 13.4. The van der Waals surface area contributed by atoms with Gasteiger partial charge in [-0.3, -0.25) is 9.59 Å². The molecule has 324 valence electrons. The molecule has 2 aliphatic heterocycles. The Hall–Kier alpha value is -4.87. The lowest BCUT2D eigenvalue weighted by Crippen LogP contribution is -2.55. The van der Waals surface area contributed by atoms with Crippen molar-refractivity contribution in [2.45, 2.75) is 60.6 Å². The first kappa shape index (κ1) is 46.2. The number of likely N-dealkylation sites (N-methyl/N-ethyl adjacent to an activating group) is 2. The molecule has 2 atom stereocenters. The van der Waals surface area contributed by atoms with Gasteiger partial charge in [-0.25, -0.2) is 0 Å². The number of carbonyl (C=O) groups is 2. The SMILES string of the molecule is CN1CCCC(NC(=O)c2ccc(C(F)(F)F)cc2OC(F)F)(c2ccccc2)C1.COc1cc(C(F)(F)F)cc(SC)c1C(=O)N[C@@]1(c2ccccc2)CCCN(C)C1. The molecule has 2 aliphatic rings. The summed E-state index contributed by atoms with van der Waals surface area (Å²) in [6, 6.07) is 22.7. The van der Waals surface area contributed by atoms with Crippen LogP contribution in [-0.2, 0) is 23.4 Å². The second kappa shape index (κ2) is 19.2. The van der Waals surface area contributed by atoms with Crippen molar-refractivity contribution in [3.05, 3.63) is 124 Å². The van der Waals surface area contributed by atoms with Gasteiger partial charge >= 0.3 is 19.0 Å². The smallest absolute Gasteiger partial charge is 0.416 e. The van der Waals surface area contributed by atoms with Crippen LogP contribution in [-0.4, -0.2) is 81.9 Å². The number of nitrogens with one attached hydrogen (secondary N) is 2. The topological polar surface area (TPSA) is 83.1 Å². The summed E-state index contributed by atoms with van der Waals surface area (Å²) in [5.41, 5.74) is -1.91. The van der Waals surface area contributed by atoms with Gasteiger partial charge in [0.2, 0.25) is 0 Å². The van der Waals surface area contributed by atoms with Gasteiger partial charge in [-0.1, -0.05) is 60.7 Å².